The molecule has 0 spiro atoms. The van der Waals surface area contributed by atoms with Crippen molar-refractivity contribution < 1.29 is 0 Å². The SMILES string of the molecule is Cc1ccccc1CNc1ccc(N)c(C)n1. The van der Waals surface area contributed by atoms with Gasteiger partial charge in [0.1, 0.15) is 5.82 Å². The van der Waals surface area contributed by atoms with E-state index in [0.29, 0.717) is 0 Å². The van der Waals surface area contributed by atoms with Crippen molar-refractivity contribution in [2.75, 3.05) is 11.1 Å². The minimum atomic E-state index is 0.728. The van der Waals surface area contributed by atoms with Gasteiger partial charge in [0.05, 0.1) is 11.4 Å². The summed E-state index contributed by atoms with van der Waals surface area (Å²) in [6.45, 7) is 4.80. The lowest BCUT2D eigenvalue weighted by Crippen LogP contribution is -2.04. The Morgan fingerprint density at radius 3 is 2.59 bits per heavy atom. The number of aromatic nitrogens is 1. The van der Waals surface area contributed by atoms with Crippen molar-refractivity contribution in [3.05, 3.63) is 53.2 Å². The van der Waals surface area contributed by atoms with E-state index in [-0.39, 0.29) is 0 Å². The number of pyridine rings is 1. The molecule has 2 rings (SSSR count). The molecule has 0 saturated heterocycles. The standard InChI is InChI=1S/C14H17N3/c1-10-5-3-4-6-12(10)9-16-14-8-7-13(15)11(2)17-14/h3-8H,9,15H2,1-2H3,(H,16,17). The van der Waals surface area contributed by atoms with E-state index in [1.807, 2.05) is 31.2 Å². The fourth-order valence-electron chi connectivity index (χ4n) is 1.66. The van der Waals surface area contributed by atoms with Crippen LogP contribution >= 0.6 is 0 Å². The number of nitrogens with one attached hydrogen (secondary N) is 1. The zero-order chi connectivity index (χ0) is 12.3. The number of anilines is 2. The van der Waals surface area contributed by atoms with Gasteiger partial charge in [0.15, 0.2) is 0 Å². The van der Waals surface area contributed by atoms with E-state index in [2.05, 4.69) is 29.4 Å². The second-order valence-corrected chi connectivity index (χ2v) is 4.15. The molecule has 3 heteroatoms. The van der Waals surface area contributed by atoms with Crippen molar-refractivity contribution in [2.24, 2.45) is 0 Å². The van der Waals surface area contributed by atoms with Crippen LogP contribution in [-0.4, -0.2) is 4.98 Å². The van der Waals surface area contributed by atoms with Gasteiger partial charge in [0, 0.05) is 6.54 Å². The summed E-state index contributed by atoms with van der Waals surface area (Å²) in [4.78, 5) is 4.38. The molecule has 1 aromatic heterocycles. The topological polar surface area (TPSA) is 50.9 Å². The Bertz CT molecular complexity index is 521. The van der Waals surface area contributed by atoms with E-state index in [1.54, 1.807) is 0 Å². The first-order chi connectivity index (χ1) is 8.16. The van der Waals surface area contributed by atoms with Gasteiger partial charge in [-0.2, -0.15) is 0 Å². The molecule has 0 fully saturated rings. The van der Waals surface area contributed by atoms with Crippen LogP contribution in [0.1, 0.15) is 16.8 Å². The quantitative estimate of drug-likeness (QED) is 0.847. The van der Waals surface area contributed by atoms with Crippen molar-refractivity contribution in [2.45, 2.75) is 20.4 Å². The van der Waals surface area contributed by atoms with Crippen LogP contribution in [0.3, 0.4) is 0 Å². The smallest absolute Gasteiger partial charge is 0.126 e. The van der Waals surface area contributed by atoms with Crippen LogP contribution in [0.25, 0.3) is 0 Å². The summed E-state index contributed by atoms with van der Waals surface area (Å²) in [6.07, 6.45) is 0. The van der Waals surface area contributed by atoms with Crippen molar-refractivity contribution in [1.82, 2.24) is 4.98 Å². The van der Waals surface area contributed by atoms with E-state index >= 15 is 0 Å². The highest BCUT2D eigenvalue weighted by Gasteiger charge is 2.00. The predicted molar refractivity (Wildman–Crippen MR) is 71.9 cm³/mol. The third kappa shape index (κ3) is 2.75. The second kappa shape index (κ2) is 4.87. The van der Waals surface area contributed by atoms with Gasteiger partial charge in [-0.15, -0.1) is 0 Å². The maximum Gasteiger partial charge on any atom is 0.126 e. The molecule has 0 radical (unpaired) electrons. The van der Waals surface area contributed by atoms with Gasteiger partial charge in [-0.05, 0) is 37.1 Å². The fraction of sp³-hybridized carbons (Fsp3) is 0.214. The average Bonchev–Trinajstić information content (AvgIpc) is 2.32. The average molecular weight is 227 g/mol. The third-order valence-corrected chi connectivity index (χ3v) is 2.85. The molecule has 1 heterocycles. The largest absolute Gasteiger partial charge is 0.397 e. The number of hydrogen-bond acceptors (Lipinski definition) is 3. The Morgan fingerprint density at radius 1 is 1.12 bits per heavy atom. The Morgan fingerprint density at radius 2 is 1.88 bits per heavy atom. The molecule has 0 aliphatic heterocycles. The Labute approximate surface area is 102 Å². The monoisotopic (exact) mass is 227 g/mol. The summed E-state index contributed by atoms with van der Waals surface area (Å²) in [7, 11) is 0. The van der Waals surface area contributed by atoms with E-state index in [4.69, 9.17) is 5.73 Å². The number of benzene rings is 1. The summed E-state index contributed by atoms with van der Waals surface area (Å²) in [5.41, 5.74) is 9.88. The predicted octanol–water partition coefficient (Wildman–Crippen LogP) is 2.89. The first-order valence-electron chi connectivity index (χ1n) is 5.68. The Hall–Kier alpha value is -2.03. The fourth-order valence-corrected chi connectivity index (χ4v) is 1.66. The molecule has 0 unspecified atom stereocenters. The van der Waals surface area contributed by atoms with Gasteiger partial charge in [-0.25, -0.2) is 4.98 Å². The molecule has 0 aliphatic carbocycles. The molecule has 0 aliphatic rings. The van der Waals surface area contributed by atoms with Gasteiger partial charge >= 0.3 is 0 Å². The van der Waals surface area contributed by atoms with Crippen molar-refractivity contribution in [1.29, 1.82) is 0 Å². The first kappa shape index (κ1) is 11.5. The summed E-state index contributed by atoms with van der Waals surface area (Å²) in [5, 5.41) is 3.30. The van der Waals surface area contributed by atoms with Gasteiger partial charge in [-0.3, -0.25) is 0 Å². The molecule has 3 nitrogen and oxygen atoms in total. The number of nitrogen functional groups attached to an aromatic ring is 1. The molecule has 17 heavy (non-hydrogen) atoms. The molecule has 0 atom stereocenters. The van der Waals surface area contributed by atoms with Gasteiger partial charge < -0.3 is 11.1 Å². The molecule has 1 aromatic carbocycles. The molecule has 88 valence electrons. The van der Waals surface area contributed by atoms with E-state index in [0.717, 1.165) is 23.7 Å². The zero-order valence-electron chi connectivity index (χ0n) is 10.2. The molecule has 0 saturated carbocycles. The number of hydrogen-bond donors (Lipinski definition) is 2. The molecular weight excluding hydrogens is 210 g/mol. The van der Waals surface area contributed by atoms with Gasteiger partial charge in [-0.1, -0.05) is 24.3 Å². The number of aryl methyl sites for hydroxylation is 2. The lowest BCUT2D eigenvalue weighted by Gasteiger charge is -2.09. The van der Waals surface area contributed by atoms with Crippen LogP contribution in [0.5, 0.6) is 0 Å². The highest BCUT2D eigenvalue weighted by molar-refractivity contribution is 5.49. The maximum atomic E-state index is 5.73. The van der Waals surface area contributed by atoms with Crippen molar-refractivity contribution in [3.63, 3.8) is 0 Å². The minimum Gasteiger partial charge on any atom is -0.397 e. The summed E-state index contributed by atoms with van der Waals surface area (Å²) in [6, 6.07) is 12.1. The normalized spacial score (nSPS) is 10.2. The van der Waals surface area contributed by atoms with Gasteiger partial charge in [0.2, 0.25) is 0 Å². The van der Waals surface area contributed by atoms with Crippen LogP contribution in [-0.2, 0) is 6.54 Å². The van der Waals surface area contributed by atoms with Crippen molar-refractivity contribution in [3.8, 4) is 0 Å². The van der Waals surface area contributed by atoms with Gasteiger partial charge in [0.25, 0.3) is 0 Å². The van der Waals surface area contributed by atoms with Crippen LogP contribution < -0.4 is 11.1 Å². The zero-order valence-corrected chi connectivity index (χ0v) is 10.2. The van der Waals surface area contributed by atoms with E-state index in [9.17, 15) is 0 Å². The lowest BCUT2D eigenvalue weighted by molar-refractivity contribution is 1.08. The molecule has 0 amide bonds. The third-order valence-electron chi connectivity index (χ3n) is 2.85. The second-order valence-electron chi connectivity index (χ2n) is 4.15. The molecular formula is C14H17N3. The Kier molecular flexibility index (Phi) is 3.28. The number of nitrogens with two attached hydrogens (primary N) is 1. The highest BCUT2D eigenvalue weighted by Crippen LogP contribution is 2.14. The van der Waals surface area contributed by atoms with Crippen LogP contribution in [0, 0.1) is 13.8 Å². The summed E-state index contributed by atoms with van der Waals surface area (Å²) < 4.78 is 0. The summed E-state index contributed by atoms with van der Waals surface area (Å²) in [5.74, 6) is 0.861. The molecule has 3 N–H and O–H groups in total. The van der Waals surface area contributed by atoms with Crippen molar-refractivity contribution >= 4 is 11.5 Å². The van der Waals surface area contributed by atoms with Crippen LogP contribution in [0.4, 0.5) is 11.5 Å². The maximum absolute atomic E-state index is 5.73. The molecule has 2 aromatic rings. The Balaban J connectivity index is 2.08. The van der Waals surface area contributed by atoms with Crippen LogP contribution in [0.2, 0.25) is 0 Å². The number of nitrogens with zero attached hydrogens (tertiary/aromatic N) is 1. The van der Waals surface area contributed by atoms with Crippen LogP contribution in [0.15, 0.2) is 36.4 Å². The summed E-state index contributed by atoms with van der Waals surface area (Å²) >= 11 is 0. The minimum absolute atomic E-state index is 0.728. The first-order valence-corrected chi connectivity index (χ1v) is 5.68. The van der Waals surface area contributed by atoms with E-state index in [1.165, 1.54) is 11.1 Å². The number of rotatable bonds is 3. The highest BCUT2D eigenvalue weighted by atomic mass is 15.0. The lowest BCUT2D eigenvalue weighted by atomic mass is 10.1. The van der Waals surface area contributed by atoms with E-state index < -0.39 is 0 Å². The molecule has 0 bridgehead atoms.